The third kappa shape index (κ3) is 2.27. The maximum atomic E-state index is 12.6. The van der Waals surface area contributed by atoms with E-state index < -0.39 is 12.0 Å². The minimum Gasteiger partial charge on any atom is -0.481 e. The van der Waals surface area contributed by atoms with Gasteiger partial charge in [-0.15, -0.1) is 0 Å². The standard InChI is InChI=1S/C9H10F2N2O2/c1-15-8-2-5(9(10)11)6(4-14)7(3-12)13-8/h2,4,9H,3,12H2,1H3. The Labute approximate surface area is 85.1 Å². The summed E-state index contributed by atoms with van der Waals surface area (Å²) in [5.74, 6) is 0.0244. The van der Waals surface area contributed by atoms with Crippen molar-refractivity contribution in [2.75, 3.05) is 7.11 Å². The Kier molecular flexibility index (Phi) is 3.68. The Morgan fingerprint density at radius 3 is 2.73 bits per heavy atom. The molecule has 0 atom stereocenters. The van der Waals surface area contributed by atoms with Crippen LogP contribution in [0.1, 0.15) is 28.0 Å². The number of nitrogens with zero attached hydrogens (tertiary/aromatic N) is 1. The molecule has 6 heteroatoms. The average Bonchev–Trinajstić information content (AvgIpc) is 2.26. The Morgan fingerprint density at radius 2 is 2.33 bits per heavy atom. The molecule has 0 aromatic carbocycles. The smallest absolute Gasteiger partial charge is 0.264 e. The Balaban J connectivity index is 3.38. The molecule has 1 aromatic rings. The first-order chi connectivity index (χ1) is 7.13. The summed E-state index contributed by atoms with van der Waals surface area (Å²) in [6.45, 7) is -0.0923. The predicted molar refractivity (Wildman–Crippen MR) is 49.0 cm³/mol. The van der Waals surface area contributed by atoms with Gasteiger partial charge in [-0.05, 0) is 0 Å². The summed E-state index contributed by atoms with van der Waals surface area (Å²) in [4.78, 5) is 14.5. The summed E-state index contributed by atoms with van der Waals surface area (Å²) in [5.41, 5.74) is 4.84. The molecule has 0 aliphatic carbocycles. The zero-order valence-corrected chi connectivity index (χ0v) is 8.04. The third-order valence-corrected chi connectivity index (χ3v) is 1.90. The van der Waals surface area contributed by atoms with Crippen molar-refractivity contribution in [3.05, 3.63) is 22.9 Å². The number of rotatable bonds is 4. The van der Waals surface area contributed by atoms with Crippen LogP contribution in [0.15, 0.2) is 6.07 Å². The average molecular weight is 216 g/mol. The van der Waals surface area contributed by atoms with Crippen molar-refractivity contribution in [3.8, 4) is 5.88 Å². The fourth-order valence-corrected chi connectivity index (χ4v) is 1.18. The normalized spacial score (nSPS) is 10.5. The minimum absolute atomic E-state index is 0.0244. The lowest BCUT2D eigenvalue weighted by Crippen LogP contribution is -2.09. The summed E-state index contributed by atoms with van der Waals surface area (Å²) in [5, 5.41) is 0. The van der Waals surface area contributed by atoms with E-state index in [1.165, 1.54) is 7.11 Å². The molecule has 0 unspecified atom stereocenters. The number of nitrogens with two attached hydrogens (primary N) is 1. The monoisotopic (exact) mass is 216 g/mol. The van der Waals surface area contributed by atoms with Crippen molar-refractivity contribution >= 4 is 6.29 Å². The summed E-state index contributed by atoms with van der Waals surface area (Å²) in [7, 11) is 1.30. The van der Waals surface area contributed by atoms with E-state index in [9.17, 15) is 13.6 Å². The number of pyridine rings is 1. The second-order valence-electron chi connectivity index (χ2n) is 2.74. The zero-order chi connectivity index (χ0) is 11.4. The number of aromatic nitrogens is 1. The fraction of sp³-hybridized carbons (Fsp3) is 0.333. The second kappa shape index (κ2) is 4.79. The molecule has 0 bridgehead atoms. The van der Waals surface area contributed by atoms with Gasteiger partial charge >= 0.3 is 0 Å². The van der Waals surface area contributed by atoms with Crippen LogP contribution in [0.4, 0.5) is 8.78 Å². The predicted octanol–water partition coefficient (Wildman–Crippen LogP) is 1.30. The van der Waals surface area contributed by atoms with E-state index in [1.54, 1.807) is 0 Å². The number of halogens is 2. The van der Waals surface area contributed by atoms with Gasteiger partial charge in [-0.1, -0.05) is 0 Å². The Bertz CT molecular complexity index is 369. The molecule has 15 heavy (non-hydrogen) atoms. The van der Waals surface area contributed by atoms with Gasteiger partial charge in [-0.2, -0.15) is 0 Å². The molecule has 0 radical (unpaired) electrons. The number of hydrogen-bond donors (Lipinski definition) is 1. The van der Waals surface area contributed by atoms with Gasteiger partial charge in [0.1, 0.15) is 0 Å². The highest BCUT2D eigenvalue weighted by atomic mass is 19.3. The summed E-state index contributed by atoms with van der Waals surface area (Å²) >= 11 is 0. The highest BCUT2D eigenvalue weighted by Gasteiger charge is 2.18. The van der Waals surface area contributed by atoms with Crippen LogP contribution in [-0.2, 0) is 6.54 Å². The number of aldehydes is 1. The van der Waals surface area contributed by atoms with E-state index >= 15 is 0 Å². The lowest BCUT2D eigenvalue weighted by Gasteiger charge is -2.09. The molecule has 2 N–H and O–H groups in total. The molecule has 0 fully saturated rings. The first kappa shape index (κ1) is 11.5. The lowest BCUT2D eigenvalue weighted by atomic mass is 10.1. The van der Waals surface area contributed by atoms with Crippen LogP contribution < -0.4 is 10.5 Å². The van der Waals surface area contributed by atoms with Gasteiger partial charge in [-0.25, -0.2) is 13.8 Å². The maximum Gasteiger partial charge on any atom is 0.264 e. The minimum atomic E-state index is -2.76. The van der Waals surface area contributed by atoms with Crippen molar-refractivity contribution in [2.45, 2.75) is 13.0 Å². The highest BCUT2D eigenvalue weighted by molar-refractivity contribution is 5.79. The second-order valence-corrected chi connectivity index (χ2v) is 2.74. The molecule has 82 valence electrons. The number of alkyl halides is 2. The highest BCUT2D eigenvalue weighted by Crippen LogP contribution is 2.26. The van der Waals surface area contributed by atoms with Gasteiger partial charge in [0, 0.05) is 23.7 Å². The Hall–Kier alpha value is -1.56. The quantitative estimate of drug-likeness (QED) is 0.770. The molecule has 1 heterocycles. The number of carbonyl (C=O) groups is 1. The van der Waals surface area contributed by atoms with Gasteiger partial charge in [0.15, 0.2) is 6.29 Å². The molecule has 4 nitrogen and oxygen atoms in total. The van der Waals surface area contributed by atoms with Gasteiger partial charge in [0.2, 0.25) is 5.88 Å². The van der Waals surface area contributed by atoms with Crippen molar-refractivity contribution in [2.24, 2.45) is 5.73 Å². The van der Waals surface area contributed by atoms with Crippen LogP contribution in [0, 0.1) is 0 Å². The van der Waals surface area contributed by atoms with Gasteiger partial charge in [0.05, 0.1) is 12.8 Å². The molecule has 0 spiro atoms. The largest absolute Gasteiger partial charge is 0.481 e. The molecule has 0 saturated heterocycles. The lowest BCUT2D eigenvalue weighted by molar-refractivity contribution is 0.110. The van der Waals surface area contributed by atoms with Gasteiger partial charge in [0.25, 0.3) is 6.43 Å². The third-order valence-electron chi connectivity index (χ3n) is 1.90. The van der Waals surface area contributed by atoms with E-state index in [4.69, 9.17) is 10.5 Å². The van der Waals surface area contributed by atoms with Crippen LogP contribution in [0.3, 0.4) is 0 Å². The van der Waals surface area contributed by atoms with Crippen LogP contribution in [0.5, 0.6) is 5.88 Å². The Morgan fingerprint density at radius 1 is 1.67 bits per heavy atom. The molecule has 0 aliphatic rings. The first-order valence-corrected chi connectivity index (χ1v) is 4.15. The van der Waals surface area contributed by atoms with E-state index in [0.717, 1.165) is 6.07 Å². The molecular weight excluding hydrogens is 206 g/mol. The summed E-state index contributed by atoms with van der Waals surface area (Å²) < 4.78 is 29.9. The van der Waals surface area contributed by atoms with E-state index in [0.29, 0.717) is 6.29 Å². The molecule has 1 rings (SSSR count). The fourth-order valence-electron chi connectivity index (χ4n) is 1.18. The topological polar surface area (TPSA) is 65.2 Å². The molecule has 0 aliphatic heterocycles. The number of ether oxygens (including phenoxy) is 1. The van der Waals surface area contributed by atoms with Crippen molar-refractivity contribution in [3.63, 3.8) is 0 Å². The van der Waals surface area contributed by atoms with E-state index in [2.05, 4.69) is 4.98 Å². The molecular formula is C9H10F2N2O2. The van der Waals surface area contributed by atoms with Crippen LogP contribution in [0.2, 0.25) is 0 Å². The van der Waals surface area contributed by atoms with Gasteiger partial charge in [-0.3, -0.25) is 4.79 Å². The van der Waals surface area contributed by atoms with Crippen LogP contribution in [-0.4, -0.2) is 18.4 Å². The molecule has 1 aromatic heterocycles. The molecule has 0 amide bonds. The number of methoxy groups -OCH3 is 1. The van der Waals surface area contributed by atoms with Gasteiger partial charge < -0.3 is 10.5 Å². The van der Waals surface area contributed by atoms with Crippen molar-refractivity contribution in [1.29, 1.82) is 0 Å². The van der Waals surface area contributed by atoms with Crippen LogP contribution in [0.25, 0.3) is 0 Å². The molecule has 0 saturated carbocycles. The summed E-state index contributed by atoms with van der Waals surface area (Å²) in [6.07, 6.45) is -2.43. The van der Waals surface area contributed by atoms with Crippen molar-refractivity contribution < 1.29 is 18.3 Å². The van der Waals surface area contributed by atoms with Crippen LogP contribution >= 0.6 is 0 Å². The van der Waals surface area contributed by atoms with Crippen molar-refractivity contribution in [1.82, 2.24) is 4.98 Å². The maximum absolute atomic E-state index is 12.6. The van der Waals surface area contributed by atoms with E-state index in [1.807, 2.05) is 0 Å². The SMILES string of the molecule is COc1cc(C(F)F)c(C=O)c(CN)n1. The number of carbonyl (C=O) groups excluding carboxylic acids is 1. The zero-order valence-electron chi connectivity index (χ0n) is 8.04. The summed E-state index contributed by atoms with van der Waals surface area (Å²) in [6, 6.07) is 1.04. The number of hydrogen-bond acceptors (Lipinski definition) is 4. The van der Waals surface area contributed by atoms with E-state index in [-0.39, 0.29) is 23.7 Å². The first-order valence-electron chi connectivity index (χ1n) is 4.15.